The van der Waals surface area contributed by atoms with Crippen LogP contribution in [-0.2, 0) is 0 Å². The number of H-pyrrole nitrogens is 1. The second-order valence-corrected chi connectivity index (χ2v) is 5.45. The van der Waals surface area contributed by atoms with Crippen LogP contribution in [0.3, 0.4) is 0 Å². The average molecular weight is 348 g/mol. The predicted molar refractivity (Wildman–Crippen MR) is 82.4 cm³/mol. The van der Waals surface area contributed by atoms with Crippen LogP contribution < -0.4 is 4.74 Å². The van der Waals surface area contributed by atoms with Gasteiger partial charge in [-0.15, -0.1) is 0 Å². The Kier molecular flexibility index (Phi) is 3.51. The van der Waals surface area contributed by atoms with E-state index in [1.165, 1.54) is 19.2 Å². The van der Waals surface area contributed by atoms with Crippen molar-refractivity contribution in [2.24, 2.45) is 0 Å². The van der Waals surface area contributed by atoms with Gasteiger partial charge in [0.2, 0.25) is 5.78 Å². The molecule has 0 saturated carbocycles. The highest BCUT2D eigenvalue weighted by molar-refractivity contribution is 9.10. The highest BCUT2D eigenvalue weighted by atomic mass is 79.9. The van der Waals surface area contributed by atoms with E-state index in [9.17, 15) is 9.18 Å². The van der Waals surface area contributed by atoms with Crippen molar-refractivity contribution >= 4 is 32.6 Å². The number of benzene rings is 2. The molecule has 0 unspecified atom stereocenters. The van der Waals surface area contributed by atoms with E-state index in [1.807, 2.05) is 18.2 Å². The molecule has 0 saturated heterocycles. The Bertz CT molecular complexity index is 841. The fraction of sp³-hybridized carbons (Fsp3) is 0.0625. The lowest BCUT2D eigenvalue weighted by atomic mass is 10.0. The number of methoxy groups -OCH3 is 1. The zero-order chi connectivity index (χ0) is 15.0. The summed E-state index contributed by atoms with van der Waals surface area (Å²) in [6.45, 7) is 0. The van der Waals surface area contributed by atoms with E-state index in [0.717, 1.165) is 15.4 Å². The summed E-state index contributed by atoms with van der Waals surface area (Å²) in [6.07, 6.45) is 1.59. The van der Waals surface area contributed by atoms with Crippen LogP contribution >= 0.6 is 15.9 Å². The summed E-state index contributed by atoms with van der Waals surface area (Å²) in [5.41, 5.74) is 1.17. The Labute approximate surface area is 128 Å². The van der Waals surface area contributed by atoms with Gasteiger partial charge in [0.1, 0.15) is 17.1 Å². The van der Waals surface area contributed by atoms with E-state index >= 15 is 0 Å². The van der Waals surface area contributed by atoms with Gasteiger partial charge in [-0.3, -0.25) is 4.79 Å². The molecule has 0 bridgehead atoms. The van der Waals surface area contributed by atoms with E-state index in [-0.39, 0.29) is 11.3 Å². The molecule has 1 heterocycles. The molecule has 0 aliphatic carbocycles. The van der Waals surface area contributed by atoms with Crippen LogP contribution in [0.25, 0.3) is 10.9 Å². The van der Waals surface area contributed by atoms with Crippen molar-refractivity contribution in [3.63, 3.8) is 0 Å². The smallest absolute Gasteiger partial charge is 0.201 e. The topological polar surface area (TPSA) is 42.1 Å². The van der Waals surface area contributed by atoms with Crippen LogP contribution in [0.15, 0.2) is 47.1 Å². The molecular weight excluding hydrogens is 337 g/mol. The first-order valence-corrected chi connectivity index (χ1v) is 7.05. The number of aromatic nitrogens is 1. The maximum absolute atomic E-state index is 14.0. The van der Waals surface area contributed by atoms with Gasteiger partial charge >= 0.3 is 0 Å². The van der Waals surface area contributed by atoms with Crippen LogP contribution in [-0.4, -0.2) is 17.9 Å². The van der Waals surface area contributed by atoms with E-state index in [0.29, 0.717) is 5.56 Å². The van der Waals surface area contributed by atoms with Crippen molar-refractivity contribution in [2.75, 3.05) is 7.11 Å². The molecule has 3 nitrogen and oxygen atoms in total. The molecule has 106 valence electrons. The molecule has 21 heavy (non-hydrogen) atoms. The van der Waals surface area contributed by atoms with Crippen molar-refractivity contribution in [2.45, 2.75) is 0 Å². The minimum Gasteiger partial charge on any atom is -0.496 e. The first-order valence-electron chi connectivity index (χ1n) is 6.25. The molecule has 0 aliphatic rings. The van der Waals surface area contributed by atoms with Crippen LogP contribution in [0.4, 0.5) is 4.39 Å². The molecule has 1 aromatic heterocycles. The number of halogens is 2. The van der Waals surface area contributed by atoms with Gasteiger partial charge in [-0.2, -0.15) is 0 Å². The standard InChI is InChI=1S/C16H11BrFNO2/c1-21-14-4-2-3-12(18)15(14)16(20)11-8-19-13-6-5-9(17)7-10(11)13/h2-8,19H,1H3. The molecule has 0 radical (unpaired) electrons. The van der Waals surface area contributed by atoms with Crippen LogP contribution in [0.5, 0.6) is 5.75 Å². The third-order valence-electron chi connectivity index (χ3n) is 3.31. The SMILES string of the molecule is COc1cccc(F)c1C(=O)c1c[nH]c2ccc(Br)cc12. The number of aromatic amines is 1. The van der Waals surface area contributed by atoms with Gasteiger partial charge in [0.05, 0.1) is 7.11 Å². The number of ketones is 1. The lowest BCUT2D eigenvalue weighted by Gasteiger charge is -2.08. The molecule has 3 aromatic rings. The third-order valence-corrected chi connectivity index (χ3v) is 3.80. The summed E-state index contributed by atoms with van der Waals surface area (Å²) < 4.78 is 20.0. The van der Waals surface area contributed by atoms with E-state index in [2.05, 4.69) is 20.9 Å². The van der Waals surface area contributed by atoms with E-state index < -0.39 is 11.6 Å². The van der Waals surface area contributed by atoms with Gasteiger partial charge in [0, 0.05) is 27.1 Å². The Morgan fingerprint density at radius 3 is 2.86 bits per heavy atom. The summed E-state index contributed by atoms with van der Waals surface area (Å²) >= 11 is 3.38. The first kappa shape index (κ1) is 13.8. The molecule has 2 aromatic carbocycles. The number of rotatable bonds is 3. The summed E-state index contributed by atoms with van der Waals surface area (Å²) in [7, 11) is 1.41. The Morgan fingerprint density at radius 1 is 1.29 bits per heavy atom. The number of nitrogens with one attached hydrogen (secondary N) is 1. The summed E-state index contributed by atoms with van der Waals surface area (Å²) in [5, 5.41) is 0.736. The largest absolute Gasteiger partial charge is 0.496 e. The number of carbonyl (C=O) groups is 1. The highest BCUT2D eigenvalue weighted by Crippen LogP contribution is 2.29. The molecule has 5 heteroatoms. The minimum atomic E-state index is -0.594. The summed E-state index contributed by atoms with van der Waals surface area (Å²) in [6, 6.07) is 9.89. The van der Waals surface area contributed by atoms with E-state index in [4.69, 9.17) is 4.74 Å². The van der Waals surface area contributed by atoms with Crippen molar-refractivity contribution in [3.05, 3.63) is 64.0 Å². The summed E-state index contributed by atoms with van der Waals surface area (Å²) in [4.78, 5) is 15.7. The molecule has 1 N–H and O–H groups in total. The second kappa shape index (κ2) is 5.33. The monoisotopic (exact) mass is 347 g/mol. The molecule has 0 spiro atoms. The minimum absolute atomic E-state index is 0.0547. The molecule has 3 rings (SSSR count). The average Bonchev–Trinajstić information content (AvgIpc) is 2.89. The summed E-state index contributed by atoms with van der Waals surface area (Å²) in [5.74, 6) is -0.776. The predicted octanol–water partition coefficient (Wildman–Crippen LogP) is 4.31. The van der Waals surface area contributed by atoms with Gasteiger partial charge in [0.15, 0.2) is 0 Å². The Balaban J connectivity index is 2.20. The van der Waals surface area contributed by atoms with Gasteiger partial charge in [-0.25, -0.2) is 4.39 Å². The van der Waals surface area contributed by atoms with Crippen LogP contribution in [0.2, 0.25) is 0 Å². The maximum Gasteiger partial charge on any atom is 0.201 e. The molecular formula is C16H11BrFNO2. The van der Waals surface area contributed by atoms with Gasteiger partial charge in [-0.1, -0.05) is 22.0 Å². The van der Waals surface area contributed by atoms with Crippen LogP contribution in [0.1, 0.15) is 15.9 Å². The van der Waals surface area contributed by atoms with Crippen molar-refractivity contribution in [1.29, 1.82) is 0 Å². The number of hydrogen-bond acceptors (Lipinski definition) is 2. The third kappa shape index (κ3) is 2.34. The van der Waals surface area contributed by atoms with Gasteiger partial charge in [0.25, 0.3) is 0 Å². The van der Waals surface area contributed by atoms with Gasteiger partial charge in [-0.05, 0) is 30.3 Å². The fourth-order valence-electron chi connectivity index (χ4n) is 2.31. The zero-order valence-electron chi connectivity index (χ0n) is 11.1. The van der Waals surface area contributed by atoms with Crippen molar-refractivity contribution in [3.8, 4) is 5.75 Å². The Morgan fingerprint density at radius 2 is 2.10 bits per heavy atom. The number of fused-ring (bicyclic) bond motifs is 1. The van der Waals surface area contributed by atoms with Crippen LogP contribution in [0, 0.1) is 5.82 Å². The lowest BCUT2D eigenvalue weighted by molar-refractivity contribution is 0.103. The fourth-order valence-corrected chi connectivity index (χ4v) is 2.67. The quantitative estimate of drug-likeness (QED) is 0.717. The number of hydrogen-bond donors (Lipinski definition) is 1. The van der Waals surface area contributed by atoms with Crippen molar-refractivity contribution < 1.29 is 13.9 Å². The molecule has 0 amide bonds. The zero-order valence-corrected chi connectivity index (χ0v) is 12.7. The second-order valence-electron chi connectivity index (χ2n) is 4.54. The first-order chi connectivity index (χ1) is 10.1. The lowest BCUT2D eigenvalue weighted by Crippen LogP contribution is -2.06. The Hall–Kier alpha value is -2.14. The highest BCUT2D eigenvalue weighted by Gasteiger charge is 2.21. The van der Waals surface area contributed by atoms with Gasteiger partial charge < -0.3 is 9.72 Å². The maximum atomic E-state index is 14.0. The van der Waals surface area contributed by atoms with E-state index in [1.54, 1.807) is 12.3 Å². The number of carbonyl (C=O) groups excluding carboxylic acids is 1. The molecule has 0 atom stereocenters. The molecule has 0 aliphatic heterocycles. The molecule has 0 fully saturated rings. The number of ether oxygens (including phenoxy) is 1. The van der Waals surface area contributed by atoms with Crippen molar-refractivity contribution in [1.82, 2.24) is 4.98 Å². The normalized spacial score (nSPS) is 10.8.